The Labute approximate surface area is 190 Å². The first-order valence-electron chi connectivity index (χ1n) is 10.2. The largest absolute Gasteiger partial charge is 0.478 e. The molecule has 1 aliphatic carbocycles. The number of aliphatic carboxylic acids is 1. The Morgan fingerprint density at radius 1 is 1.00 bits per heavy atom. The highest BCUT2D eigenvalue weighted by Gasteiger charge is 2.37. The minimum absolute atomic E-state index is 0.00235. The molecule has 0 spiro atoms. The maximum absolute atomic E-state index is 13.0. The highest BCUT2D eigenvalue weighted by atomic mass is 19.4. The molecule has 1 atom stereocenters. The summed E-state index contributed by atoms with van der Waals surface area (Å²) < 4.78 is 77.7. The highest BCUT2D eigenvalue weighted by Crippen LogP contribution is 2.37. The zero-order valence-corrected chi connectivity index (χ0v) is 17.6. The van der Waals surface area contributed by atoms with Gasteiger partial charge < -0.3 is 15.7 Å². The summed E-state index contributed by atoms with van der Waals surface area (Å²) in [6.45, 7) is 0.154. The van der Waals surface area contributed by atoms with Crippen molar-refractivity contribution >= 4 is 23.6 Å². The lowest BCUT2D eigenvalue weighted by molar-refractivity contribution is -0.143. The molecule has 5 nitrogen and oxygen atoms in total. The lowest BCUT2D eigenvalue weighted by Crippen LogP contribution is -2.25. The van der Waals surface area contributed by atoms with Crippen molar-refractivity contribution in [3.63, 3.8) is 0 Å². The van der Waals surface area contributed by atoms with Crippen LogP contribution in [0.3, 0.4) is 0 Å². The number of carbonyl (C=O) groups is 2. The van der Waals surface area contributed by atoms with Crippen LogP contribution in [0.15, 0.2) is 42.5 Å². The van der Waals surface area contributed by atoms with Gasteiger partial charge in [-0.1, -0.05) is 18.2 Å². The van der Waals surface area contributed by atoms with Crippen LogP contribution in [0.5, 0.6) is 0 Å². The molecule has 2 aromatic rings. The van der Waals surface area contributed by atoms with E-state index in [1.54, 1.807) is 6.07 Å². The van der Waals surface area contributed by atoms with Crippen LogP contribution in [-0.4, -0.2) is 23.5 Å². The van der Waals surface area contributed by atoms with Gasteiger partial charge in [0.15, 0.2) is 0 Å². The van der Waals surface area contributed by atoms with Crippen molar-refractivity contribution in [2.24, 2.45) is 0 Å². The van der Waals surface area contributed by atoms with E-state index in [2.05, 4.69) is 10.6 Å². The van der Waals surface area contributed by atoms with Crippen molar-refractivity contribution < 1.29 is 41.0 Å². The molecule has 0 saturated carbocycles. The smallest absolute Gasteiger partial charge is 0.416 e. The van der Waals surface area contributed by atoms with E-state index in [-0.39, 0.29) is 25.1 Å². The molecule has 3 N–H and O–H groups in total. The number of fused-ring (bicyclic) bond motifs is 1. The van der Waals surface area contributed by atoms with Gasteiger partial charge in [-0.3, -0.25) is 4.79 Å². The van der Waals surface area contributed by atoms with Crippen molar-refractivity contribution in [3.05, 3.63) is 70.3 Å². The van der Waals surface area contributed by atoms with Crippen molar-refractivity contribution in [2.75, 3.05) is 11.9 Å². The monoisotopic (exact) mass is 486 g/mol. The van der Waals surface area contributed by atoms with Gasteiger partial charge in [-0.15, -0.1) is 0 Å². The van der Waals surface area contributed by atoms with Gasteiger partial charge in [-0.25, -0.2) is 4.79 Å². The average Bonchev–Trinajstić information content (AvgIpc) is 3.13. The Bertz CT molecular complexity index is 1080. The van der Waals surface area contributed by atoms with E-state index in [0.717, 1.165) is 35.6 Å². The fraction of sp³-hybridized carbons (Fsp3) is 0.304. The van der Waals surface area contributed by atoms with Crippen LogP contribution in [0.4, 0.5) is 32.0 Å². The van der Waals surface area contributed by atoms with Crippen LogP contribution in [0.2, 0.25) is 0 Å². The molecular formula is C23H20F6N2O3. The Morgan fingerprint density at radius 3 is 2.24 bits per heavy atom. The molecule has 0 saturated heterocycles. The molecule has 1 amide bonds. The summed E-state index contributed by atoms with van der Waals surface area (Å²) in [5.74, 6) is -1.79. The van der Waals surface area contributed by atoms with Crippen LogP contribution >= 0.6 is 0 Å². The summed E-state index contributed by atoms with van der Waals surface area (Å²) >= 11 is 0. The highest BCUT2D eigenvalue weighted by molar-refractivity contribution is 5.91. The van der Waals surface area contributed by atoms with Gasteiger partial charge >= 0.3 is 18.3 Å². The van der Waals surface area contributed by atoms with Gasteiger partial charge in [0.1, 0.15) is 0 Å². The number of carboxylic acids is 1. The summed E-state index contributed by atoms with van der Waals surface area (Å²) in [7, 11) is 0. The summed E-state index contributed by atoms with van der Waals surface area (Å²) in [5, 5.41) is 14.0. The predicted octanol–water partition coefficient (Wildman–Crippen LogP) is 5.43. The second-order valence-corrected chi connectivity index (χ2v) is 7.77. The molecule has 1 unspecified atom stereocenters. The molecule has 182 valence electrons. The quantitative estimate of drug-likeness (QED) is 0.361. The molecular weight excluding hydrogens is 466 g/mol. The molecule has 0 aromatic heterocycles. The van der Waals surface area contributed by atoms with Crippen molar-refractivity contribution in [2.45, 2.75) is 37.7 Å². The van der Waals surface area contributed by atoms with Crippen LogP contribution in [-0.2, 0) is 28.4 Å². The Morgan fingerprint density at radius 2 is 1.65 bits per heavy atom. The molecule has 0 heterocycles. The van der Waals surface area contributed by atoms with Crippen molar-refractivity contribution in [1.29, 1.82) is 0 Å². The summed E-state index contributed by atoms with van der Waals surface area (Å²) in [6.07, 6.45) is -6.19. The number of carbonyl (C=O) groups excluding carboxylic acids is 1. The van der Waals surface area contributed by atoms with Gasteiger partial charge in [-0.05, 0) is 53.8 Å². The number of halogens is 6. The minimum Gasteiger partial charge on any atom is -0.478 e. The first-order chi connectivity index (χ1) is 15.8. The van der Waals surface area contributed by atoms with E-state index >= 15 is 0 Å². The topological polar surface area (TPSA) is 78.4 Å². The molecule has 2 aromatic carbocycles. The van der Waals surface area contributed by atoms with Crippen LogP contribution in [0.25, 0.3) is 6.08 Å². The fourth-order valence-corrected chi connectivity index (χ4v) is 3.73. The van der Waals surface area contributed by atoms with Crippen molar-refractivity contribution in [1.82, 2.24) is 5.32 Å². The number of hydrogen-bond donors (Lipinski definition) is 3. The molecule has 0 fully saturated rings. The Kier molecular flexibility index (Phi) is 7.35. The minimum atomic E-state index is -5.00. The first kappa shape index (κ1) is 25.3. The molecule has 34 heavy (non-hydrogen) atoms. The third-order valence-electron chi connectivity index (χ3n) is 5.28. The number of nitrogens with one attached hydrogen (secondary N) is 2. The number of alkyl halides is 6. The summed E-state index contributed by atoms with van der Waals surface area (Å²) in [4.78, 5) is 22.8. The zero-order chi connectivity index (χ0) is 25.1. The van der Waals surface area contributed by atoms with Crippen LogP contribution < -0.4 is 10.6 Å². The first-order valence-corrected chi connectivity index (χ1v) is 10.2. The fourth-order valence-electron chi connectivity index (χ4n) is 3.73. The maximum Gasteiger partial charge on any atom is 0.416 e. The second-order valence-electron chi connectivity index (χ2n) is 7.77. The number of aryl methyl sites for hydroxylation is 1. The van der Waals surface area contributed by atoms with E-state index in [1.807, 2.05) is 12.1 Å². The normalized spacial score (nSPS) is 16.0. The van der Waals surface area contributed by atoms with Crippen molar-refractivity contribution in [3.8, 4) is 0 Å². The van der Waals surface area contributed by atoms with Gasteiger partial charge in [-0.2, -0.15) is 26.3 Å². The molecule has 0 bridgehead atoms. The van der Waals surface area contributed by atoms with Gasteiger partial charge in [0.25, 0.3) is 0 Å². The zero-order valence-electron chi connectivity index (χ0n) is 17.6. The van der Waals surface area contributed by atoms with Crippen LogP contribution in [0, 0.1) is 0 Å². The lowest BCUT2D eigenvalue weighted by Gasteiger charge is -2.16. The maximum atomic E-state index is 13.0. The molecule has 1 aliphatic rings. The number of amides is 1. The van der Waals surface area contributed by atoms with Gasteiger partial charge in [0.05, 0.1) is 11.1 Å². The number of carboxylic acid groups (broad SMARTS) is 1. The average molecular weight is 486 g/mol. The second kappa shape index (κ2) is 9.88. The van der Waals surface area contributed by atoms with Gasteiger partial charge in [0.2, 0.25) is 5.91 Å². The van der Waals surface area contributed by atoms with E-state index in [9.17, 15) is 35.9 Å². The molecule has 3 rings (SSSR count). The predicted molar refractivity (Wildman–Crippen MR) is 112 cm³/mol. The number of anilines is 1. The van der Waals surface area contributed by atoms with E-state index in [0.29, 0.717) is 12.1 Å². The molecule has 0 aliphatic heterocycles. The number of hydrogen-bond acceptors (Lipinski definition) is 3. The third-order valence-corrected chi connectivity index (χ3v) is 5.28. The van der Waals surface area contributed by atoms with E-state index < -0.39 is 41.0 Å². The standard InChI is InChI=1S/C23H20F6N2O3/c24-22(25,26)15-10-16(23(27,28)29)12-17(11-15)31-20(32)7-8-30-19-5-3-14-9-13(1-4-18(14)19)2-6-21(33)34/h1-2,4,6,9-12,19,30H,3,5,7-8H2,(H,31,32)(H,33,34)/b6-2+. The van der Waals surface area contributed by atoms with E-state index in [4.69, 9.17) is 5.11 Å². The van der Waals surface area contributed by atoms with Crippen LogP contribution in [0.1, 0.15) is 46.7 Å². The molecule has 11 heteroatoms. The number of rotatable bonds is 7. The Hall–Kier alpha value is -3.34. The van der Waals surface area contributed by atoms with E-state index in [1.165, 1.54) is 6.08 Å². The third kappa shape index (κ3) is 6.60. The Balaban J connectivity index is 1.59. The summed E-state index contributed by atoms with van der Waals surface area (Å²) in [6, 6.07) is 6.33. The van der Waals surface area contributed by atoms with Gasteiger partial charge in [0, 0.05) is 30.8 Å². The lowest BCUT2D eigenvalue weighted by atomic mass is 10.0. The summed E-state index contributed by atoms with van der Waals surface area (Å²) in [5.41, 5.74) is -0.841. The number of benzene rings is 2. The molecule has 0 radical (unpaired) electrons. The SMILES string of the molecule is O=C(O)/C=C/c1ccc2c(c1)CCC2NCCC(=O)Nc1cc(C(F)(F)F)cc(C(F)(F)F)c1.